The molecule has 1 aromatic heterocycles. The average molecular weight is 253 g/mol. The molecule has 2 nitrogen and oxygen atoms in total. The van der Waals surface area contributed by atoms with E-state index in [-0.39, 0.29) is 5.78 Å². The van der Waals surface area contributed by atoms with Gasteiger partial charge in [-0.05, 0) is 31.5 Å². The molecule has 1 aromatic rings. The number of rotatable bonds is 7. The molecule has 17 heavy (non-hydrogen) atoms. The molecule has 0 aromatic carbocycles. The highest BCUT2D eigenvalue weighted by molar-refractivity contribution is 7.14. The zero-order chi connectivity index (χ0) is 12.8. The van der Waals surface area contributed by atoms with Crippen molar-refractivity contribution in [3.8, 4) is 0 Å². The van der Waals surface area contributed by atoms with E-state index in [9.17, 15) is 4.79 Å². The van der Waals surface area contributed by atoms with E-state index in [2.05, 4.69) is 31.7 Å². The van der Waals surface area contributed by atoms with Crippen LogP contribution < -0.4 is 0 Å². The fraction of sp³-hybridized carbons (Fsp3) is 0.643. The van der Waals surface area contributed by atoms with Crippen LogP contribution in [0.15, 0.2) is 12.1 Å². The number of carbonyl (C=O) groups is 1. The van der Waals surface area contributed by atoms with Gasteiger partial charge in [0, 0.05) is 11.4 Å². The minimum Gasteiger partial charge on any atom is -0.299 e. The lowest BCUT2D eigenvalue weighted by Crippen LogP contribution is -2.29. The van der Waals surface area contributed by atoms with E-state index in [1.807, 2.05) is 13.1 Å². The SMILES string of the molecule is CCc1ccc(C(=O)CN(C)CC(C)CC)s1. The molecule has 0 radical (unpaired) electrons. The van der Waals surface area contributed by atoms with Gasteiger partial charge in [0.2, 0.25) is 0 Å². The number of hydrogen-bond acceptors (Lipinski definition) is 3. The Morgan fingerprint density at radius 3 is 2.65 bits per heavy atom. The molecule has 3 heteroatoms. The molecule has 1 atom stereocenters. The molecular formula is C14H23NOS. The number of hydrogen-bond donors (Lipinski definition) is 0. The van der Waals surface area contributed by atoms with Gasteiger partial charge in [-0.3, -0.25) is 9.69 Å². The first kappa shape index (κ1) is 14.4. The highest BCUT2D eigenvalue weighted by atomic mass is 32.1. The quantitative estimate of drug-likeness (QED) is 0.693. The predicted octanol–water partition coefficient (Wildman–Crippen LogP) is 3.47. The van der Waals surface area contributed by atoms with Crippen LogP contribution in [0.2, 0.25) is 0 Å². The van der Waals surface area contributed by atoms with Crippen molar-refractivity contribution < 1.29 is 4.79 Å². The van der Waals surface area contributed by atoms with E-state index >= 15 is 0 Å². The van der Waals surface area contributed by atoms with Crippen molar-refractivity contribution in [2.75, 3.05) is 20.1 Å². The molecule has 0 fully saturated rings. The summed E-state index contributed by atoms with van der Waals surface area (Å²) in [7, 11) is 2.03. The summed E-state index contributed by atoms with van der Waals surface area (Å²) in [6.45, 7) is 8.06. The molecule has 96 valence electrons. The third kappa shape index (κ3) is 4.60. The predicted molar refractivity (Wildman–Crippen MR) is 75.0 cm³/mol. The van der Waals surface area contributed by atoms with E-state index < -0.39 is 0 Å². The van der Waals surface area contributed by atoms with E-state index in [0.29, 0.717) is 12.5 Å². The zero-order valence-corrected chi connectivity index (χ0v) is 12.1. The molecule has 0 aliphatic rings. The lowest BCUT2D eigenvalue weighted by molar-refractivity contribution is 0.0943. The normalized spacial score (nSPS) is 13.0. The van der Waals surface area contributed by atoms with Gasteiger partial charge in [-0.1, -0.05) is 27.2 Å². The highest BCUT2D eigenvalue weighted by Gasteiger charge is 2.13. The number of carbonyl (C=O) groups excluding carboxylic acids is 1. The summed E-state index contributed by atoms with van der Waals surface area (Å²) in [4.78, 5) is 16.3. The fourth-order valence-electron chi connectivity index (χ4n) is 1.77. The summed E-state index contributed by atoms with van der Waals surface area (Å²) in [5.41, 5.74) is 0. The van der Waals surface area contributed by atoms with E-state index in [0.717, 1.165) is 24.3 Å². The largest absolute Gasteiger partial charge is 0.299 e. The van der Waals surface area contributed by atoms with Crippen LogP contribution in [0.4, 0.5) is 0 Å². The Kier molecular flexibility index (Phi) is 5.86. The molecule has 1 unspecified atom stereocenters. The van der Waals surface area contributed by atoms with Crippen molar-refractivity contribution in [1.29, 1.82) is 0 Å². The molecule has 0 amide bonds. The number of nitrogens with zero attached hydrogens (tertiary/aromatic N) is 1. The van der Waals surface area contributed by atoms with Crippen LogP contribution in [-0.4, -0.2) is 30.8 Å². The summed E-state index contributed by atoms with van der Waals surface area (Å²) < 4.78 is 0. The number of Topliss-reactive ketones (excluding diaryl/α,β-unsaturated/α-hetero) is 1. The molecule has 0 aliphatic heterocycles. The third-order valence-electron chi connectivity index (χ3n) is 3.02. The Balaban J connectivity index is 2.48. The number of thiophene rings is 1. The monoisotopic (exact) mass is 253 g/mol. The van der Waals surface area contributed by atoms with E-state index in [4.69, 9.17) is 0 Å². The van der Waals surface area contributed by atoms with Gasteiger partial charge in [0.05, 0.1) is 11.4 Å². The third-order valence-corrected chi connectivity index (χ3v) is 4.29. The summed E-state index contributed by atoms with van der Waals surface area (Å²) in [5, 5.41) is 0. The zero-order valence-electron chi connectivity index (χ0n) is 11.3. The Bertz CT molecular complexity index is 359. The topological polar surface area (TPSA) is 20.3 Å². The lowest BCUT2D eigenvalue weighted by Gasteiger charge is -2.19. The fourth-order valence-corrected chi connectivity index (χ4v) is 2.64. The van der Waals surface area contributed by atoms with E-state index in [1.54, 1.807) is 11.3 Å². The summed E-state index contributed by atoms with van der Waals surface area (Å²) >= 11 is 1.63. The second-order valence-corrected chi connectivity index (χ2v) is 5.92. The smallest absolute Gasteiger partial charge is 0.186 e. The number of likely N-dealkylation sites (N-methyl/N-ethyl adjacent to an activating group) is 1. The first-order valence-corrected chi connectivity index (χ1v) is 7.18. The van der Waals surface area contributed by atoms with Gasteiger partial charge in [-0.2, -0.15) is 0 Å². The maximum Gasteiger partial charge on any atom is 0.186 e. The average Bonchev–Trinajstić information content (AvgIpc) is 2.77. The Labute approximate surface area is 109 Å². The van der Waals surface area contributed by atoms with Crippen LogP contribution in [0.3, 0.4) is 0 Å². The molecule has 0 saturated carbocycles. The second-order valence-electron chi connectivity index (χ2n) is 4.75. The molecule has 1 rings (SSSR count). The van der Waals surface area contributed by atoms with Crippen LogP contribution in [0.1, 0.15) is 41.7 Å². The van der Waals surface area contributed by atoms with Gasteiger partial charge in [-0.25, -0.2) is 0 Å². The van der Waals surface area contributed by atoms with Crippen molar-refractivity contribution in [3.05, 3.63) is 21.9 Å². The summed E-state index contributed by atoms with van der Waals surface area (Å²) in [6, 6.07) is 4.02. The van der Waals surface area contributed by atoms with E-state index in [1.165, 1.54) is 4.88 Å². The van der Waals surface area contributed by atoms with Gasteiger partial charge in [-0.15, -0.1) is 11.3 Å². The molecular weight excluding hydrogens is 230 g/mol. The van der Waals surface area contributed by atoms with Crippen LogP contribution in [-0.2, 0) is 6.42 Å². The van der Waals surface area contributed by atoms with Gasteiger partial charge in [0.25, 0.3) is 0 Å². The van der Waals surface area contributed by atoms with Gasteiger partial charge in [0.15, 0.2) is 5.78 Å². The van der Waals surface area contributed by atoms with Crippen LogP contribution >= 0.6 is 11.3 Å². The first-order valence-electron chi connectivity index (χ1n) is 6.37. The lowest BCUT2D eigenvalue weighted by atomic mass is 10.1. The Morgan fingerprint density at radius 1 is 1.41 bits per heavy atom. The van der Waals surface area contributed by atoms with Crippen molar-refractivity contribution in [2.45, 2.75) is 33.6 Å². The van der Waals surface area contributed by atoms with Crippen molar-refractivity contribution >= 4 is 17.1 Å². The van der Waals surface area contributed by atoms with Gasteiger partial charge < -0.3 is 0 Å². The summed E-state index contributed by atoms with van der Waals surface area (Å²) in [5.74, 6) is 0.905. The molecule has 0 N–H and O–H groups in total. The van der Waals surface area contributed by atoms with Crippen molar-refractivity contribution in [1.82, 2.24) is 4.90 Å². The maximum absolute atomic E-state index is 12.0. The van der Waals surface area contributed by atoms with Crippen molar-refractivity contribution in [3.63, 3.8) is 0 Å². The second kappa shape index (κ2) is 6.92. The molecule has 1 heterocycles. The molecule has 0 aliphatic carbocycles. The van der Waals surface area contributed by atoms with Crippen LogP contribution in [0.5, 0.6) is 0 Å². The Morgan fingerprint density at radius 2 is 2.12 bits per heavy atom. The maximum atomic E-state index is 12.0. The van der Waals surface area contributed by atoms with Gasteiger partial charge in [0.1, 0.15) is 0 Å². The number of ketones is 1. The van der Waals surface area contributed by atoms with Crippen LogP contribution in [0.25, 0.3) is 0 Å². The molecule has 0 spiro atoms. The Hall–Kier alpha value is -0.670. The van der Waals surface area contributed by atoms with Gasteiger partial charge >= 0.3 is 0 Å². The standard InChI is InChI=1S/C14H23NOS/c1-5-11(3)9-15(4)10-13(16)14-8-7-12(6-2)17-14/h7-8,11H,5-6,9-10H2,1-4H3. The molecule has 0 saturated heterocycles. The van der Waals surface area contributed by atoms with Crippen LogP contribution in [0, 0.1) is 5.92 Å². The minimum atomic E-state index is 0.250. The minimum absolute atomic E-state index is 0.250. The first-order chi connectivity index (χ1) is 8.06. The number of aryl methyl sites for hydroxylation is 1. The summed E-state index contributed by atoms with van der Waals surface area (Å²) in [6.07, 6.45) is 2.18. The molecule has 0 bridgehead atoms. The van der Waals surface area contributed by atoms with Crippen molar-refractivity contribution in [2.24, 2.45) is 5.92 Å². The highest BCUT2D eigenvalue weighted by Crippen LogP contribution is 2.17.